The van der Waals surface area contributed by atoms with Crippen molar-refractivity contribution < 1.29 is 9.66 Å². The number of methoxy groups -OCH3 is 1. The zero-order valence-corrected chi connectivity index (χ0v) is 9.41. The first kappa shape index (κ1) is 11.8. The van der Waals surface area contributed by atoms with Gasteiger partial charge in [0.05, 0.1) is 17.6 Å². The summed E-state index contributed by atoms with van der Waals surface area (Å²) in [5.74, 6) is 0.105. The lowest BCUT2D eigenvalue weighted by atomic mass is 10.1. The van der Waals surface area contributed by atoms with E-state index in [1.54, 1.807) is 0 Å². The molecule has 2 rings (SSSR count). The van der Waals surface area contributed by atoms with Crippen molar-refractivity contribution in [2.75, 3.05) is 7.11 Å². The minimum absolute atomic E-state index is 0.105. The van der Waals surface area contributed by atoms with Crippen molar-refractivity contribution in [1.29, 1.82) is 0 Å². The van der Waals surface area contributed by atoms with Crippen LogP contribution in [0.2, 0.25) is 0 Å². The molecule has 0 bridgehead atoms. The molecule has 1 aromatic carbocycles. The molecule has 0 saturated heterocycles. The van der Waals surface area contributed by atoms with Gasteiger partial charge < -0.3 is 4.74 Å². The lowest BCUT2D eigenvalue weighted by molar-refractivity contribution is -0.385. The number of benzene rings is 1. The highest BCUT2D eigenvalue weighted by atomic mass is 16.6. The van der Waals surface area contributed by atoms with Crippen molar-refractivity contribution in [3.63, 3.8) is 0 Å². The van der Waals surface area contributed by atoms with Gasteiger partial charge in [0.2, 0.25) is 0 Å². The number of aromatic nitrogens is 2. The molecule has 18 heavy (non-hydrogen) atoms. The molecule has 1 heterocycles. The third-order valence-electron chi connectivity index (χ3n) is 2.41. The summed E-state index contributed by atoms with van der Waals surface area (Å²) in [6.07, 6.45) is 1.44. The van der Waals surface area contributed by atoms with E-state index in [2.05, 4.69) is 10.2 Å². The number of nitro benzene ring substituents is 1. The number of hydrogen-bond donors (Lipinski definition) is 1. The van der Waals surface area contributed by atoms with Crippen molar-refractivity contribution in [1.82, 2.24) is 10.2 Å². The summed E-state index contributed by atoms with van der Waals surface area (Å²) in [7, 11) is 1.34. The molecule has 0 atom stereocenters. The van der Waals surface area contributed by atoms with Crippen LogP contribution in [-0.2, 0) is 0 Å². The number of aromatic amines is 1. The van der Waals surface area contributed by atoms with Gasteiger partial charge >= 0.3 is 5.69 Å². The van der Waals surface area contributed by atoms with E-state index in [-0.39, 0.29) is 17.0 Å². The highest BCUT2D eigenvalue weighted by Crippen LogP contribution is 2.30. The molecule has 92 valence electrons. The van der Waals surface area contributed by atoms with E-state index < -0.39 is 4.92 Å². The fourth-order valence-corrected chi connectivity index (χ4v) is 1.57. The minimum atomic E-state index is -0.542. The van der Waals surface area contributed by atoms with Crippen LogP contribution < -0.4 is 10.3 Å². The number of ether oxygens (including phenoxy) is 1. The molecule has 0 aliphatic rings. The molecule has 1 N–H and O–H groups in total. The zero-order chi connectivity index (χ0) is 13.1. The fraction of sp³-hybridized carbons (Fsp3) is 0.0909. The molecule has 0 radical (unpaired) electrons. The maximum atomic E-state index is 11.5. The lowest BCUT2D eigenvalue weighted by Gasteiger charge is -2.04. The Bertz CT molecular complexity index is 651. The van der Waals surface area contributed by atoms with E-state index in [1.807, 2.05) is 0 Å². The maximum Gasteiger partial charge on any atom is 0.310 e. The SMILES string of the molecule is COc1cc(-c2ccn[nH]c2=O)ccc1[N+](=O)[O-]. The largest absolute Gasteiger partial charge is 0.490 e. The average molecular weight is 247 g/mol. The monoisotopic (exact) mass is 247 g/mol. The van der Waals surface area contributed by atoms with E-state index in [9.17, 15) is 14.9 Å². The third kappa shape index (κ3) is 2.05. The predicted octanol–water partition coefficient (Wildman–Crippen LogP) is 1.35. The minimum Gasteiger partial charge on any atom is -0.490 e. The Hall–Kier alpha value is -2.70. The Kier molecular flexibility index (Phi) is 3.05. The van der Waals surface area contributed by atoms with Crippen molar-refractivity contribution >= 4 is 5.69 Å². The van der Waals surface area contributed by atoms with Crippen molar-refractivity contribution in [3.05, 3.63) is 50.9 Å². The smallest absolute Gasteiger partial charge is 0.310 e. The molecule has 0 aliphatic carbocycles. The van der Waals surface area contributed by atoms with Crippen LogP contribution >= 0.6 is 0 Å². The van der Waals surface area contributed by atoms with Crippen LogP contribution in [0.3, 0.4) is 0 Å². The fourth-order valence-electron chi connectivity index (χ4n) is 1.57. The second-order valence-corrected chi connectivity index (χ2v) is 3.44. The molecular formula is C11H9N3O4. The second kappa shape index (κ2) is 4.66. The van der Waals surface area contributed by atoms with Crippen molar-refractivity contribution in [3.8, 4) is 16.9 Å². The van der Waals surface area contributed by atoms with E-state index >= 15 is 0 Å². The Morgan fingerprint density at radius 3 is 2.78 bits per heavy atom. The number of H-pyrrole nitrogens is 1. The van der Waals surface area contributed by atoms with Gasteiger partial charge in [-0.2, -0.15) is 5.10 Å². The highest BCUT2D eigenvalue weighted by molar-refractivity contribution is 5.67. The molecule has 1 aromatic heterocycles. The van der Waals surface area contributed by atoms with Crippen LogP contribution in [0.5, 0.6) is 5.75 Å². The van der Waals surface area contributed by atoms with Crippen LogP contribution in [0, 0.1) is 10.1 Å². The molecular weight excluding hydrogens is 238 g/mol. The molecule has 0 unspecified atom stereocenters. The molecule has 0 aliphatic heterocycles. The van der Waals surface area contributed by atoms with Gasteiger partial charge in [-0.15, -0.1) is 0 Å². The summed E-state index contributed by atoms with van der Waals surface area (Å²) < 4.78 is 4.94. The van der Waals surface area contributed by atoms with Crippen molar-refractivity contribution in [2.45, 2.75) is 0 Å². The number of nitro groups is 1. The number of nitrogens with zero attached hydrogens (tertiary/aromatic N) is 2. The van der Waals surface area contributed by atoms with Crippen LogP contribution in [0.15, 0.2) is 35.3 Å². The Balaban J connectivity index is 2.58. The Morgan fingerprint density at radius 2 is 2.17 bits per heavy atom. The number of hydrogen-bond acceptors (Lipinski definition) is 5. The topological polar surface area (TPSA) is 98.1 Å². The number of nitrogens with one attached hydrogen (secondary N) is 1. The highest BCUT2D eigenvalue weighted by Gasteiger charge is 2.16. The summed E-state index contributed by atoms with van der Waals surface area (Å²) >= 11 is 0. The zero-order valence-electron chi connectivity index (χ0n) is 9.41. The van der Waals surface area contributed by atoms with Gasteiger partial charge in [-0.05, 0) is 23.8 Å². The lowest BCUT2D eigenvalue weighted by Crippen LogP contribution is -2.09. The van der Waals surface area contributed by atoms with E-state index in [0.717, 1.165) is 0 Å². The molecule has 0 saturated carbocycles. The van der Waals surface area contributed by atoms with Gasteiger partial charge in [-0.1, -0.05) is 0 Å². The molecule has 0 amide bonds. The molecule has 0 spiro atoms. The van der Waals surface area contributed by atoms with Crippen LogP contribution in [0.4, 0.5) is 5.69 Å². The normalized spacial score (nSPS) is 10.1. The summed E-state index contributed by atoms with van der Waals surface area (Å²) in [6, 6.07) is 5.77. The van der Waals surface area contributed by atoms with E-state index in [1.165, 1.54) is 37.6 Å². The predicted molar refractivity (Wildman–Crippen MR) is 63.5 cm³/mol. The van der Waals surface area contributed by atoms with Gasteiger partial charge in [-0.3, -0.25) is 14.9 Å². The summed E-state index contributed by atoms with van der Waals surface area (Å²) in [4.78, 5) is 21.7. The molecule has 7 nitrogen and oxygen atoms in total. The summed E-state index contributed by atoms with van der Waals surface area (Å²) in [5, 5.41) is 16.6. The molecule has 7 heteroatoms. The quantitative estimate of drug-likeness (QED) is 0.652. The Morgan fingerprint density at radius 1 is 1.39 bits per heavy atom. The number of rotatable bonds is 3. The standard InChI is InChI=1S/C11H9N3O4/c1-18-10-6-7(2-3-9(10)14(16)17)8-4-5-12-13-11(8)15/h2-6H,1H3,(H,13,15). The first-order valence-electron chi connectivity index (χ1n) is 5.00. The van der Waals surface area contributed by atoms with E-state index in [4.69, 9.17) is 4.74 Å². The molecule has 0 fully saturated rings. The van der Waals surface area contributed by atoms with Gasteiger partial charge in [0.15, 0.2) is 5.75 Å². The first-order valence-corrected chi connectivity index (χ1v) is 5.00. The van der Waals surface area contributed by atoms with Crippen LogP contribution in [0.25, 0.3) is 11.1 Å². The summed E-state index contributed by atoms with van der Waals surface area (Å²) in [6.45, 7) is 0. The summed E-state index contributed by atoms with van der Waals surface area (Å²) in [5.41, 5.74) is 0.388. The maximum absolute atomic E-state index is 11.5. The Labute approximate surface area is 101 Å². The van der Waals surface area contributed by atoms with Crippen LogP contribution in [0.1, 0.15) is 0 Å². The third-order valence-corrected chi connectivity index (χ3v) is 2.41. The second-order valence-electron chi connectivity index (χ2n) is 3.44. The molecule has 2 aromatic rings. The average Bonchev–Trinajstić information content (AvgIpc) is 2.38. The van der Waals surface area contributed by atoms with Gasteiger partial charge in [0, 0.05) is 12.3 Å². The van der Waals surface area contributed by atoms with E-state index in [0.29, 0.717) is 11.1 Å². The van der Waals surface area contributed by atoms with Crippen LogP contribution in [-0.4, -0.2) is 22.2 Å². The van der Waals surface area contributed by atoms with Gasteiger partial charge in [0.25, 0.3) is 5.56 Å². The van der Waals surface area contributed by atoms with Crippen molar-refractivity contribution in [2.24, 2.45) is 0 Å². The van der Waals surface area contributed by atoms with Gasteiger partial charge in [-0.25, -0.2) is 5.10 Å². The first-order chi connectivity index (χ1) is 8.63. The van der Waals surface area contributed by atoms with Gasteiger partial charge in [0.1, 0.15) is 0 Å².